The Morgan fingerprint density at radius 2 is 1.79 bits per heavy atom. The van der Waals surface area contributed by atoms with E-state index >= 15 is 0 Å². The summed E-state index contributed by atoms with van der Waals surface area (Å²) in [6.45, 7) is 4.13. The molecule has 0 aliphatic carbocycles. The Balaban J connectivity index is 1.46. The van der Waals surface area contributed by atoms with Crippen LogP contribution < -0.4 is 16.0 Å². The minimum absolute atomic E-state index is 0.00235. The number of carbonyl (C=O) groups is 2. The van der Waals surface area contributed by atoms with Crippen molar-refractivity contribution in [1.29, 1.82) is 0 Å². The number of aromatic nitrogens is 2. The molecule has 0 spiro atoms. The lowest BCUT2D eigenvalue weighted by Gasteiger charge is -2.10. The highest BCUT2D eigenvalue weighted by Crippen LogP contribution is 2.13. The zero-order valence-electron chi connectivity index (χ0n) is 15.8. The summed E-state index contributed by atoms with van der Waals surface area (Å²) in [7, 11) is 0. The molecule has 3 rings (SSSR count). The third-order valence-electron chi connectivity index (χ3n) is 3.89. The summed E-state index contributed by atoms with van der Waals surface area (Å²) in [4.78, 5) is 28.0. The van der Waals surface area contributed by atoms with Crippen molar-refractivity contribution in [3.05, 3.63) is 60.6 Å². The van der Waals surface area contributed by atoms with Crippen LogP contribution >= 0.6 is 0 Å². The Morgan fingerprint density at radius 1 is 1.07 bits per heavy atom. The summed E-state index contributed by atoms with van der Waals surface area (Å²) in [5, 5.41) is 8.30. The van der Waals surface area contributed by atoms with Crippen LogP contribution in [-0.2, 0) is 16.1 Å². The smallest absolute Gasteiger partial charge is 0.319 e. The molecule has 0 fully saturated rings. The molecule has 0 aliphatic heterocycles. The first-order valence-corrected chi connectivity index (χ1v) is 8.97. The molecule has 2 heterocycles. The fourth-order valence-electron chi connectivity index (χ4n) is 2.50. The van der Waals surface area contributed by atoms with E-state index < -0.39 is 0 Å². The largest absolute Gasteiger partial charge is 0.369 e. The molecule has 8 heteroatoms. The Kier molecular flexibility index (Phi) is 6.23. The first-order valence-electron chi connectivity index (χ1n) is 8.97. The number of imidazole rings is 1. The maximum atomic E-state index is 12.1. The fourth-order valence-corrected chi connectivity index (χ4v) is 2.50. The number of hydrogen-bond donors (Lipinski definition) is 3. The van der Waals surface area contributed by atoms with Crippen molar-refractivity contribution in [2.75, 3.05) is 17.2 Å². The number of urea groups is 1. The average Bonchev–Trinajstić information content (AvgIpc) is 3.14. The van der Waals surface area contributed by atoms with Crippen LogP contribution in [-0.4, -0.2) is 34.0 Å². The van der Waals surface area contributed by atoms with Gasteiger partial charge in [-0.15, -0.1) is 0 Å². The van der Waals surface area contributed by atoms with E-state index in [1.807, 2.05) is 42.8 Å². The van der Waals surface area contributed by atoms with Gasteiger partial charge in [0.05, 0.1) is 6.10 Å². The van der Waals surface area contributed by atoms with E-state index in [2.05, 4.69) is 20.9 Å². The van der Waals surface area contributed by atoms with Crippen molar-refractivity contribution in [1.82, 2.24) is 14.7 Å². The molecule has 0 atom stereocenters. The normalized spacial score (nSPS) is 10.8. The highest BCUT2D eigenvalue weighted by molar-refractivity contribution is 5.93. The Morgan fingerprint density at radius 3 is 2.50 bits per heavy atom. The SMILES string of the molecule is CC(C)OCC(=O)Nc1ccc(NC(=O)NCc2ccn3ccnc3c2)cc1. The highest BCUT2D eigenvalue weighted by atomic mass is 16.5. The summed E-state index contributed by atoms with van der Waals surface area (Å²) < 4.78 is 7.15. The van der Waals surface area contributed by atoms with Gasteiger partial charge in [-0.25, -0.2) is 9.78 Å². The third kappa shape index (κ3) is 5.55. The van der Waals surface area contributed by atoms with Crippen LogP contribution in [0.1, 0.15) is 19.4 Å². The van der Waals surface area contributed by atoms with Gasteiger partial charge in [-0.1, -0.05) is 0 Å². The molecule has 3 aromatic rings. The standard InChI is InChI=1S/C20H23N5O3/c1-14(2)28-13-19(26)23-16-3-5-17(6-4-16)24-20(27)22-12-15-7-9-25-10-8-21-18(25)11-15/h3-11,14H,12-13H2,1-2H3,(H,23,26)(H2,22,24,27). The first kappa shape index (κ1) is 19.4. The number of ether oxygens (including phenoxy) is 1. The van der Waals surface area contributed by atoms with Crippen molar-refractivity contribution in [2.45, 2.75) is 26.5 Å². The number of amides is 3. The van der Waals surface area contributed by atoms with Crippen LogP contribution in [0.2, 0.25) is 0 Å². The zero-order valence-corrected chi connectivity index (χ0v) is 15.8. The van der Waals surface area contributed by atoms with Gasteiger partial charge in [-0.05, 0) is 55.8 Å². The Bertz CT molecular complexity index is 950. The molecule has 0 saturated carbocycles. The summed E-state index contributed by atoms with van der Waals surface area (Å²) in [5.74, 6) is -0.221. The van der Waals surface area contributed by atoms with Crippen LogP contribution in [0.5, 0.6) is 0 Å². The number of carbonyl (C=O) groups excluding carboxylic acids is 2. The molecule has 0 unspecified atom stereocenters. The minimum atomic E-state index is -0.315. The maximum Gasteiger partial charge on any atom is 0.319 e. The molecule has 0 aliphatic rings. The van der Waals surface area contributed by atoms with E-state index in [1.54, 1.807) is 30.5 Å². The van der Waals surface area contributed by atoms with Crippen molar-refractivity contribution in [3.8, 4) is 0 Å². The van der Waals surface area contributed by atoms with Gasteiger partial charge in [0.15, 0.2) is 0 Å². The van der Waals surface area contributed by atoms with E-state index in [0.29, 0.717) is 17.9 Å². The van der Waals surface area contributed by atoms with Crippen molar-refractivity contribution in [3.63, 3.8) is 0 Å². The molecular formula is C20H23N5O3. The minimum Gasteiger partial charge on any atom is -0.369 e. The van der Waals surface area contributed by atoms with Crippen LogP contribution in [0.25, 0.3) is 5.65 Å². The van der Waals surface area contributed by atoms with E-state index in [0.717, 1.165) is 11.2 Å². The van der Waals surface area contributed by atoms with E-state index in [-0.39, 0.29) is 24.6 Å². The summed E-state index contributed by atoms with van der Waals surface area (Å²) in [5.41, 5.74) is 3.04. The lowest BCUT2D eigenvalue weighted by Crippen LogP contribution is -2.28. The molecule has 2 aromatic heterocycles. The molecule has 3 amide bonds. The first-order chi connectivity index (χ1) is 13.5. The van der Waals surface area contributed by atoms with Gasteiger partial charge in [0.2, 0.25) is 5.91 Å². The number of nitrogens with zero attached hydrogens (tertiary/aromatic N) is 2. The van der Waals surface area contributed by atoms with Crippen LogP contribution in [0.4, 0.5) is 16.2 Å². The summed E-state index contributed by atoms with van der Waals surface area (Å²) in [6.07, 6.45) is 5.49. The van der Waals surface area contributed by atoms with Gasteiger partial charge in [-0.2, -0.15) is 0 Å². The van der Waals surface area contributed by atoms with E-state index in [9.17, 15) is 9.59 Å². The van der Waals surface area contributed by atoms with Gasteiger partial charge in [-0.3, -0.25) is 4.79 Å². The lowest BCUT2D eigenvalue weighted by atomic mass is 10.2. The molecule has 3 N–H and O–H groups in total. The number of hydrogen-bond acceptors (Lipinski definition) is 4. The maximum absolute atomic E-state index is 12.1. The molecule has 28 heavy (non-hydrogen) atoms. The molecule has 0 bridgehead atoms. The quantitative estimate of drug-likeness (QED) is 0.586. The fraction of sp³-hybridized carbons (Fsp3) is 0.250. The lowest BCUT2D eigenvalue weighted by molar-refractivity contribution is -0.121. The number of rotatable bonds is 7. The molecule has 8 nitrogen and oxygen atoms in total. The predicted molar refractivity (Wildman–Crippen MR) is 107 cm³/mol. The second-order valence-electron chi connectivity index (χ2n) is 6.52. The Hall–Kier alpha value is -3.39. The highest BCUT2D eigenvalue weighted by Gasteiger charge is 2.06. The monoisotopic (exact) mass is 381 g/mol. The summed E-state index contributed by atoms with van der Waals surface area (Å²) in [6, 6.07) is 10.4. The molecular weight excluding hydrogens is 358 g/mol. The number of benzene rings is 1. The number of fused-ring (bicyclic) bond motifs is 1. The van der Waals surface area contributed by atoms with E-state index in [1.165, 1.54) is 0 Å². The van der Waals surface area contributed by atoms with Gasteiger partial charge in [0, 0.05) is 36.5 Å². The van der Waals surface area contributed by atoms with Gasteiger partial charge >= 0.3 is 6.03 Å². The Labute approximate surface area is 162 Å². The number of nitrogens with one attached hydrogen (secondary N) is 3. The second-order valence-corrected chi connectivity index (χ2v) is 6.52. The second kappa shape index (κ2) is 9.01. The third-order valence-corrected chi connectivity index (χ3v) is 3.89. The number of anilines is 2. The van der Waals surface area contributed by atoms with Crippen LogP contribution in [0.15, 0.2) is 55.0 Å². The predicted octanol–water partition coefficient (Wildman–Crippen LogP) is 3.02. The topological polar surface area (TPSA) is 96.8 Å². The average molecular weight is 381 g/mol. The molecule has 1 aromatic carbocycles. The summed E-state index contributed by atoms with van der Waals surface area (Å²) >= 11 is 0. The molecule has 0 saturated heterocycles. The van der Waals surface area contributed by atoms with Crippen LogP contribution in [0, 0.1) is 0 Å². The van der Waals surface area contributed by atoms with Crippen molar-refractivity contribution < 1.29 is 14.3 Å². The molecule has 146 valence electrons. The van der Waals surface area contributed by atoms with Crippen molar-refractivity contribution in [2.24, 2.45) is 0 Å². The zero-order chi connectivity index (χ0) is 19.9. The van der Waals surface area contributed by atoms with Crippen LogP contribution in [0.3, 0.4) is 0 Å². The van der Waals surface area contributed by atoms with E-state index in [4.69, 9.17) is 4.74 Å². The van der Waals surface area contributed by atoms with Gasteiger partial charge < -0.3 is 25.1 Å². The molecule has 0 radical (unpaired) electrons. The number of pyridine rings is 1. The van der Waals surface area contributed by atoms with Crippen molar-refractivity contribution >= 4 is 29.0 Å². The van der Waals surface area contributed by atoms with Gasteiger partial charge in [0.1, 0.15) is 12.3 Å². The van der Waals surface area contributed by atoms with Gasteiger partial charge in [0.25, 0.3) is 0 Å².